The SMILES string of the molecule is Cn1ncc(-c2nc(-c3ccc(CN)cc3)no2)c1C1CC1. The molecule has 112 valence electrons. The second-order valence-electron chi connectivity index (χ2n) is 5.67. The van der Waals surface area contributed by atoms with Crippen LogP contribution in [-0.4, -0.2) is 19.9 Å². The lowest BCUT2D eigenvalue weighted by Crippen LogP contribution is -1.97. The predicted molar refractivity (Wildman–Crippen MR) is 81.8 cm³/mol. The molecule has 4 rings (SSSR count). The van der Waals surface area contributed by atoms with Crippen LogP contribution in [0.25, 0.3) is 22.8 Å². The Morgan fingerprint density at radius 2 is 2.05 bits per heavy atom. The van der Waals surface area contributed by atoms with Crippen molar-refractivity contribution >= 4 is 0 Å². The monoisotopic (exact) mass is 295 g/mol. The van der Waals surface area contributed by atoms with Crippen molar-refractivity contribution < 1.29 is 4.52 Å². The molecule has 0 spiro atoms. The summed E-state index contributed by atoms with van der Waals surface area (Å²) >= 11 is 0. The maximum absolute atomic E-state index is 5.61. The largest absolute Gasteiger partial charge is 0.333 e. The zero-order valence-corrected chi connectivity index (χ0v) is 12.4. The highest BCUT2D eigenvalue weighted by molar-refractivity contribution is 5.62. The minimum atomic E-state index is 0.526. The molecule has 1 fully saturated rings. The first-order valence-corrected chi connectivity index (χ1v) is 7.41. The molecule has 0 radical (unpaired) electrons. The van der Waals surface area contributed by atoms with Crippen molar-refractivity contribution in [2.45, 2.75) is 25.3 Å². The van der Waals surface area contributed by atoms with E-state index in [2.05, 4.69) is 15.2 Å². The van der Waals surface area contributed by atoms with Crippen LogP contribution in [0.15, 0.2) is 35.0 Å². The van der Waals surface area contributed by atoms with Gasteiger partial charge in [0, 0.05) is 25.1 Å². The Morgan fingerprint density at radius 3 is 2.73 bits per heavy atom. The van der Waals surface area contributed by atoms with E-state index in [9.17, 15) is 0 Å². The Morgan fingerprint density at radius 1 is 1.27 bits per heavy atom. The van der Waals surface area contributed by atoms with Crippen LogP contribution in [-0.2, 0) is 13.6 Å². The molecule has 1 aliphatic rings. The molecular formula is C16H17N5O. The summed E-state index contributed by atoms with van der Waals surface area (Å²) in [7, 11) is 1.96. The van der Waals surface area contributed by atoms with Gasteiger partial charge in [0.25, 0.3) is 5.89 Å². The fourth-order valence-corrected chi connectivity index (χ4v) is 2.69. The van der Waals surface area contributed by atoms with Gasteiger partial charge >= 0.3 is 0 Å². The highest BCUT2D eigenvalue weighted by Crippen LogP contribution is 2.43. The first kappa shape index (κ1) is 13.2. The van der Waals surface area contributed by atoms with Crippen LogP contribution in [0.5, 0.6) is 0 Å². The number of hydrogen-bond acceptors (Lipinski definition) is 5. The predicted octanol–water partition coefficient (Wildman–Crippen LogP) is 2.47. The number of nitrogens with two attached hydrogens (primary N) is 1. The Kier molecular flexibility index (Phi) is 3.04. The lowest BCUT2D eigenvalue weighted by Gasteiger charge is -2.00. The minimum absolute atomic E-state index is 0.526. The second kappa shape index (κ2) is 5.06. The molecule has 0 amide bonds. The van der Waals surface area contributed by atoms with Gasteiger partial charge in [0.2, 0.25) is 5.82 Å². The van der Waals surface area contributed by atoms with E-state index in [0.29, 0.717) is 24.2 Å². The summed E-state index contributed by atoms with van der Waals surface area (Å²) < 4.78 is 7.36. The molecule has 22 heavy (non-hydrogen) atoms. The third-order valence-corrected chi connectivity index (χ3v) is 4.05. The van der Waals surface area contributed by atoms with Crippen molar-refractivity contribution in [3.8, 4) is 22.8 Å². The first-order valence-electron chi connectivity index (χ1n) is 7.41. The highest BCUT2D eigenvalue weighted by Gasteiger charge is 2.31. The van der Waals surface area contributed by atoms with Crippen LogP contribution in [0.1, 0.15) is 30.0 Å². The van der Waals surface area contributed by atoms with Gasteiger partial charge in [0.15, 0.2) is 0 Å². The van der Waals surface area contributed by atoms with E-state index < -0.39 is 0 Å². The molecular weight excluding hydrogens is 278 g/mol. The molecule has 0 bridgehead atoms. The van der Waals surface area contributed by atoms with Crippen molar-refractivity contribution in [3.05, 3.63) is 41.7 Å². The van der Waals surface area contributed by atoms with Gasteiger partial charge in [-0.3, -0.25) is 4.68 Å². The van der Waals surface area contributed by atoms with Gasteiger partial charge in [-0.05, 0) is 18.4 Å². The summed E-state index contributed by atoms with van der Waals surface area (Å²) in [5, 5.41) is 8.43. The summed E-state index contributed by atoms with van der Waals surface area (Å²) in [6.45, 7) is 0.526. The molecule has 3 aromatic rings. The molecule has 1 aliphatic carbocycles. The molecule has 6 heteroatoms. The van der Waals surface area contributed by atoms with Crippen molar-refractivity contribution in [3.63, 3.8) is 0 Å². The molecule has 0 aliphatic heterocycles. The molecule has 0 atom stereocenters. The van der Waals surface area contributed by atoms with Gasteiger partial charge in [-0.2, -0.15) is 10.1 Å². The van der Waals surface area contributed by atoms with Crippen LogP contribution >= 0.6 is 0 Å². The van der Waals surface area contributed by atoms with E-state index in [4.69, 9.17) is 10.3 Å². The average molecular weight is 295 g/mol. The van der Waals surface area contributed by atoms with Gasteiger partial charge in [-0.25, -0.2) is 0 Å². The molecule has 2 N–H and O–H groups in total. The van der Waals surface area contributed by atoms with Crippen LogP contribution in [0.2, 0.25) is 0 Å². The normalized spacial score (nSPS) is 14.5. The van der Waals surface area contributed by atoms with E-state index in [1.54, 1.807) is 0 Å². The van der Waals surface area contributed by atoms with E-state index in [1.807, 2.05) is 42.2 Å². The molecule has 2 aromatic heterocycles. The number of aryl methyl sites for hydroxylation is 1. The standard InChI is InChI=1S/C16H17N5O/c1-21-14(11-6-7-11)13(9-18-21)16-19-15(20-22-16)12-4-2-10(8-17)3-5-12/h2-5,9,11H,6-8,17H2,1H3. The van der Waals surface area contributed by atoms with Crippen molar-refractivity contribution in [2.24, 2.45) is 12.8 Å². The van der Waals surface area contributed by atoms with E-state index in [-0.39, 0.29) is 0 Å². The molecule has 2 heterocycles. The zero-order valence-electron chi connectivity index (χ0n) is 12.4. The molecule has 1 saturated carbocycles. The highest BCUT2D eigenvalue weighted by atomic mass is 16.5. The topological polar surface area (TPSA) is 82.8 Å². The fourth-order valence-electron chi connectivity index (χ4n) is 2.69. The molecule has 0 saturated heterocycles. The van der Waals surface area contributed by atoms with Gasteiger partial charge in [0.05, 0.1) is 17.5 Å². The summed E-state index contributed by atoms with van der Waals surface area (Å²) in [6, 6.07) is 7.87. The third kappa shape index (κ3) is 2.21. The van der Waals surface area contributed by atoms with Gasteiger partial charge < -0.3 is 10.3 Å². The average Bonchev–Trinajstić information content (AvgIpc) is 3.13. The summed E-state index contributed by atoms with van der Waals surface area (Å²) in [4.78, 5) is 4.53. The van der Waals surface area contributed by atoms with Crippen molar-refractivity contribution in [1.82, 2.24) is 19.9 Å². The number of aromatic nitrogens is 4. The Labute approximate surface area is 127 Å². The van der Waals surface area contributed by atoms with Crippen molar-refractivity contribution in [1.29, 1.82) is 0 Å². The van der Waals surface area contributed by atoms with Crippen LogP contribution < -0.4 is 5.73 Å². The number of hydrogen-bond donors (Lipinski definition) is 1. The number of nitrogens with zero attached hydrogens (tertiary/aromatic N) is 4. The van der Waals surface area contributed by atoms with Gasteiger partial charge in [-0.1, -0.05) is 29.4 Å². The van der Waals surface area contributed by atoms with E-state index in [1.165, 1.54) is 18.5 Å². The van der Waals surface area contributed by atoms with Crippen molar-refractivity contribution in [2.75, 3.05) is 0 Å². The lowest BCUT2D eigenvalue weighted by molar-refractivity contribution is 0.432. The fraction of sp³-hybridized carbons (Fsp3) is 0.312. The van der Waals surface area contributed by atoms with Crippen LogP contribution in [0.3, 0.4) is 0 Å². The Bertz CT molecular complexity index is 798. The maximum Gasteiger partial charge on any atom is 0.261 e. The third-order valence-electron chi connectivity index (χ3n) is 4.05. The maximum atomic E-state index is 5.61. The van der Waals surface area contributed by atoms with Crippen LogP contribution in [0, 0.1) is 0 Å². The first-order chi connectivity index (χ1) is 10.8. The quantitative estimate of drug-likeness (QED) is 0.799. The Hall–Kier alpha value is -2.47. The van der Waals surface area contributed by atoms with Crippen LogP contribution in [0.4, 0.5) is 0 Å². The molecule has 6 nitrogen and oxygen atoms in total. The number of benzene rings is 1. The minimum Gasteiger partial charge on any atom is -0.333 e. The Balaban J connectivity index is 1.69. The molecule has 1 aromatic carbocycles. The van der Waals surface area contributed by atoms with E-state index in [0.717, 1.165) is 16.7 Å². The lowest BCUT2D eigenvalue weighted by atomic mass is 10.1. The molecule has 0 unspecified atom stereocenters. The van der Waals surface area contributed by atoms with Gasteiger partial charge in [0.1, 0.15) is 0 Å². The smallest absolute Gasteiger partial charge is 0.261 e. The summed E-state index contributed by atoms with van der Waals surface area (Å²) in [6.07, 6.45) is 4.21. The van der Waals surface area contributed by atoms with E-state index >= 15 is 0 Å². The summed E-state index contributed by atoms with van der Waals surface area (Å²) in [5.74, 6) is 1.69. The second-order valence-corrected chi connectivity index (χ2v) is 5.67. The zero-order chi connectivity index (χ0) is 15.1. The number of rotatable bonds is 4. The van der Waals surface area contributed by atoms with Gasteiger partial charge in [-0.15, -0.1) is 0 Å². The summed E-state index contributed by atoms with van der Waals surface area (Å²) in [5.41, 5.74) is 9.75.